The first kappa shape index (κ1) is 22.2. The molecule has 6 rings (SSSR count). The molecule has 0 amide bonds. The highest BCUT2D eigenvalue weighted by Gasteiger charge is 2.41. The van der Waals surface area contributed by atoms with Crippen LogP contribution < -0.4 is 10.1 Å². The molecule has 0 fully saturated rings. The fourth-order valence-electron chi connectivity index (χ4n) is 5.03. The van der Waals surface area contributed by atoms with Crippen LogP contribution >= 0.6 is 0 Å². The van der Waals surface area contributed by atoms with Crippen molar-refractivity contribution in [2.75, 3.05) is 5.32 Å². The lowest BCUT2D eigenvalue weighted by atomic mass is 9.73. The Morgan fingerprint density at radius 2 is 1.75 bits per heavy atom. The van der Waals surface area contributed by atoms with E-state index in [1.165, 1.54) is 0 Å². The van der Waals surface area contributed by atoms with Gasteiger partial charge in [0, 0.05) is 35.6 Å². The molecule has 180 valence electrons. The van der Waals surface area contributed by atoms with Crippen LogP contribution in [0.25, 0.3) is 11.4 Å². The average molecular weight is 478 g/mol. The van der Waals surface area contributed by atoms with Gasteiger partial charge in [-0.05, 0) is 47.2 Å². The van der Waals surface area contributed by atoms with Gasteiger partial charge in [0.1, 0.15) is 18.4 Å². The number of fused-ring (bicyclic) bond motifs is 1. The maximum Gasteiger partial charge on any atom is 0.226 e. The number of nitrogens with one attached hydrogen (secondary N) is 1. The molecule has 0 saturated carbocycles. The molecular weight excluding hydrogens is 450 g/mol. The van der Waals surface area contributed by atoms with E-state index in [0.717, 1.165) is 40.1 Å². The van der Waals surface area contributed by atoms with Gasteiger partial charge in [0.25, 0.3) is 0 Å². The highest BCUT2D eigenvalue weighted by Crippen LogP contribution is 2.45. The van der Waals surface area contributed by atoms with Crippen LogP contribution in [0.5, 0.6) is 5.75 Å². The molecule has 7 heteroatoms. The number of carbonyl (C=O) groups excluding carboxylic acids is 1. The minimum Gasteiger partial charge on any atom is -0.489 e. The van der Waals surface area contributed by atoms with Crippen molar-refractivity contribution in [1.29, 1.82) is 0 Å². The van der Waals surface area contributed by atoms with Gasteiger partial charge in [-0.15, -0.1) is 5.10 Å². The van der Waals surface area contributed by atoms with Crippen molar-refractivity contribution in [2.24, 2.45) is 5.41 Å². The molecule has 36 heavy (non-hydrogen) atoms. The van der Waals surface area contributed by atoms with E-state index in [0.29, 0.717) is 24.8 Å². The molecule has 0 spiro atoms. The molecule has 1 aliphatic carbocycles. The van der Waals surface area contributed by atoms with Gasteiger partial charge in [-0.2, -0.15) is 4.98 Å². The van der Waals surface area contributed by atoms with E-state index in [9.17, 15) is 4.79 Å². The van der Waals surface area contributed by atoms with Crippen molar-refractivity contribution < 1.29 is 9.53 Å². The fourth-order valence-corrected chi connectivity index (χ4v) is 5.03. The monoisotopic (exact) mass is 477 g/mol. The van der Waals surface area contributed by atoms with Gasteiger partial charge in [-0.25, -0.2) is 4.68 Å². The van der Waals surface area contributed by atoms with Gasteiger partial charge in [0.15, 0.2) is 11.6 Å². The van der Waals surface area contributed by atoms with Gasteiger partial charge in [-0.3, -0.25) is 9.78 Å². The number of nitrogens with zero attached hydrogens (tertiary/aromatic N) is 4. The van der Waals surface area contributed by atoms with Crippen LogP contribution in [0, 0.1) is 5.41 Å². The Hall–Kier alpha value is -4.26. The number of pyridine rings is 1. The Morgan fingerprint density at radius 1 is 1.00 bits per heavy atom. The van der Waals surface area contributed by atoms with Crippen molar-refractivity contribution in [3.63, 3.8) is 0 Å². The highest BCUT2D eigenvalue weighted by molar-refractivity contribution is 6.00. The van der Waals surface area contributed by atoms with Crippen LogP contribution in [0.4, 0.5) is 5.95 Å². The maximum absolute atomic E-state index is 13.4. The Morgan fingerprint density at radius 3 is 2.50 bits per heavy atom. The smallest absolute Gasteiger partial charge is 0.226 e. The van der Waals surface area contributed by atoms with Crippen LogP contribution in [-0.2, 0) is 11.4 Å². The van der Waals surface area contributed by atoms with Crippen molar-refractivity contribution in [3.05, 3.63) is 102 Å². The molecule has 0 saturated heterocycles. The normalized spacial score (nSPS) is 18.3. The lowest BCUT2D eigenvalue weighted by Gasteiger charge is -2.38. The third kappa shape index (κ3) is 4.17. The summed E-state index contributed by atoms with van der Waals surface area (Å²) < 4.78 is 7.83. The zero-order chi connectivity index (χ0) is 24.7. The molecule has 2 aliphatic rings. The summed E-state index contributed by atoms with van der Waals surface area (Å²) in [5.41, 5.74) is 4.55. The SMILES string of the molecule is CC1(C)CC(=O)C2=C(C1)Nc1nc(-c3ccncc3)nn1C2c1ccc(OCc2ccccc2)cc1. The molecule has 3 heterocycles. The second-order valence-electron chi connectivity index (χ2n) is 10.1. The van der Waals surface area contributed by atoms with Crippen LogP contribution in [0.3, 0.4) is 0 Å². The standard InChI is InChI=1S/C29H27N5O2/c1-29(2)16-23-25(24(35)17-29)26(34-28(31-23)32-27(33-34)21-12-14-30-15-13-21)20-8-10-22(11-9-20)36-18-19-6-4-3-5-7-19/h3-15,26H,16-18H2,1-2H3,(H,31,32,33). The first-order chi connectivity index (χ1) is 17.5. The Bertz CT molecular complexity index is 1440. The second-order valence-corrected chi connectivity index (χ2v) is 10.1. The molecule has 1 N–H and O–H groups in total. The van der Waals surface area contributed by atoms with Crippen LogP contribution in [-0.4, -0.2) is 25.5 Å². The van der Waals surface area contributed by atoms with Gasteiger partial charge in [0.05, 0.1) is 0 Å². The zero-order valence-electron chi connectivity index (χ0n) is 20.3. The summed E-state index contributed by atoms with van der Waals surface area (Å²) in [5.74, 6) is 2.16. The predicted octanol–water partition coefficient (Wildman–Crippen LogP) is 5.58. The molecule has 0 bridgehead atoms. The maximum atomic E-state index is 13.4. The topological polar surface area (TPSA) is 81.9 Å². The number of carbonyl (C=O) groups is 1. The highest BCUT2D eigenvalue weighted by atomic mass is 16.5. The number of aromatic nitrogens is 4. The Kier molecular flexibility index (Phi) is 5.40. The molecule has 0 radical (unpaired) electrons. The predicted molar refractivity (Wildman–Crippen MR) is 137 cm³/mol. The number of hydrogen-bond donors (Lipinski definition) is 1. The van der Waals surface area contributed by atoms with Gasteiger partial charge in [-0.1, -0.05) is 56.3 Å². The van der Waals surface area contributed by atoms with Gasteiger partial charge < -0.3 is 10.1 Å². The van der Waals surface area contributed by atoms with E-state index in [-0.39, 0.29) is 17.2 Å². The van der Waals surface area contributed by atoms with Gasteiger partial charge >= 0.3 is 0 Å². The number of ketones is 1. The summed E-state index contributed by atoms with van der Waals surface area (Å²) >= 11 is 0. The molecule has 1 aliphatic heterocycles. The molecular formula is C29H27N5O2. The lowest BCUT2D eigenvalue weighted by Crippen LogP contribution is -2.36. The Balaban J connectivity index is 1.37. The van der Waals surface area contributed by atoms with Crippen molar-refractivity contribution >= 4 is 11.7 Å². The van der Waals surface area contributed by atoms with E-state index in [1.54, 1.807) is 12.4 Å². The third-order valence-corrected chi connectivity index (χ3v) is 6.71. The number of hydrogen-bond acceptors (Lipinski definition) is 6. The summed E-state index contributed by atoms with van der Waals surface area (Å²) in [5, 5.41) is 8.27. The van der Waals surface area contributed by atoms with E-state index in [2.05, 4.69) is 24.1 Å². The van der Waals surface area contributed by atoms with E-state index >= 15 is 0 Å². The number of ether oxygens (including phenoxy) is 1. The summed E-state index contributed by atoms with van der Waals surface area (Å²) in [6.45, 7) is 4.76. The third-order valence-electron chi connectivity index (χ3n) is 6.71. The van der Waals surface area contributed by atoms with E-state index < -0.39 is 0 Å². The Labute approximate surface area is 209 Å². The zero-order valence-corrected chi connectivity index (χ0v) is 20.3. The number of rotatable bonds is 5. The van der Waals surface area contributed by atoms with Crippen molar-refractivity contribution in [1.82, 2.24) is 19.7 Å². The molecule has 1 atom stereocenters. The first-order valence-corrected chi connectivity index (χ1v) is 12.1. The average Bonchev–Trinajstić information content (AvgIpc) is 3.31. The van der Waals surface area contributed by atoms with Crippen molar-refractivity contribution in [3.8, 4) is 17.1 Å². The summed E-state index contributed by atoms with van der Waals surface area (Å²) in [6.07, 6.45) is 4.73. The van der Waals surface area contributed by atoms with E-state index in [1.807, 2.05) is 71.4 Å². The first-order valence-electron chi connectivity index (χ1n) is 12.1. The fraction of sp³-hybridized carbons (Fsp3) is 0.241. The number of benzene rings is 2. The summed E-state index contributed by atoms with van der Waals surface area (Å²) in [4.78, 5) is 22.3. The lowest BCUT2D eigenvalue weighted by molar-refractivity contribution is -0.118. The second kappa shape index (κ2) is 8.75. The van der Waals surface area contributed by atoms with Crippen LogP contribution in [0.15, 0.2) is 90.4 Å². The van der Waals surface area contributed by atoms with Gasteiger partial charge in [0.2, 0.25) is 5.95 Å². The molecule has 2 aromatic carbocycles. The van der Waals surface area contributed by atoms with Crippen LogP contribution in [0.1, 0.15) is 43.9 Å². The summed E-state index contributed by atoms with van der Waals surface area (Å²) in [6, 6.07) is 21.4. The van der Waals surface area contributed by atoms with E-state index in [4.69, 9.17) is 14.8 Å². The number of Topliss-reactive ketones (excluding diaryl/α,β-unsaturated/α-hetero) is 1. The number of anilines is 1. The largest absolute Gasteiger partial charge is 0.489 e. The molecule has 1 unspecified atom stereocenters. The van der Waals surface area contributed by atoms with Crippen molar-refractivity contribution in [2.45, 2.75) is 39.3 Å². The summed E-state index contributed by atoms with van der Waals surface area (Å²) in [7, 11) is 0. The molecule has 7 nitrogen and oxygen atoms in total. The number of allylic oxidation sites excluding steroid dienone is 2. The minimum absolute atomic E-state index is 0.112. The van der Waals surface area contributed by atoms with Crippen LogP contribution in [0.2, 0.25) is 0 Å². The quantitative estimate of drug-likeness (QED) is 0.404. The molecule has 2 aromatic heterocycles. The molecule has 4 aromatic rings. The minimum atomic E-state index is -0.355.